The van der Waals surface area contributed by atoms with Crippen LogP contribution in [0.1, 0.15) is 43.3 Å². The van der Waals surface area contributed by atoms with Crippen molar-refractivity contribution in [2.75, 3.05) is 12.8 Å². The fourth-order valence-corrected chi connectivity index (χ4v) is 4.68. The topological polar surface area (TPSA) is 72.1 Å². The molecule has 0 spiro atoms. The van der Waals surface area contributed by atoms with Crippen LogP contribution in [0.5, 0.6) is 0 Å². The van der Waals surface area contributed by atoms with E-state index in [1.807, 2.05) is 25.8 Å². The number of aryl methyl sites for hydroxylation is 2. The lowest BCUT2D eigenvalue weighted by Crippen LogP contribution is -2.40. The van der Waals surface area contributed by atoms with Crippen molar-refractivity contribution in [3.05, 3.63) is 10.7 Å². The number of carbonyl (C=O) groups is 1. The first-order chi connectivity index (χ1) is 11.9. The second-order valence-corrected chi connectivity index (χ2v) is 8.86. The summed E-state index contributed by atoms with van der Waals surface area (Å²) in [4.78, 5) is 19.6. The van der Waals surface area contributed by atoms with E-state index in [2.05, 4.69) is 22.1 Å². The maximum Gasteiger partial charge on any atom is 0.277 e. The number of nitrogens with zero attached hydrogens (tertiary/aromatic N) is 4. The van der Waals surface area contributed by atoms with Gasteiger partial charge in [0.15, 0.2) is 0 Å². The predicted molar refractivity (Wildman–Crippen MR) is 99.8 cm³/mol. The number of hydrogen-bond donors (Lipinski definition) is 0. The molecular weight excluding hydrogens is 356 g/mol. The molecular formula is C17H24N4O2S2. The lowest BCUT2D eigenvalue weighted by molar-refractivity contribution is -0.129. The van der Waals surface area contributed by atoms with Gasteiger partial charge in [-0.15, -0.1) is 21.5 Å². The zero-order valence-electron chi connectivity index (χ0n) is 15.1. The first-order valence-electron chi connectivity index (χ1n) is 8.60. The van der Waals surface area contributed by atoms with Crippen LogP contribution in [0, 0.1) is 19.8 Å². The molecule has 25 heavy (non-hydrogen) atoms. The van der Waals surface area contributed by atoms with Crippen LogP contribution < -0.4 is 0 Å². The van der Waals surface area contributed by atoms with Gasteiger partial charge < -0.3 is 9.32 Å². The fraction of sp³-hybridized carbons (Fsp3) is 0.647. The summed E-state index contributed by atoms with van der Waals surface area (Å²) in [7, 11) is 1.91. The highest BCUT2D eigenvalue weighted by molar-refractivity contribution is 7.99. The minimum Gasteiger partial charge on any atom is -0.410 e. The molecule has 2 heterocycles. The molecule has 1 amide bonds. The van der Waals surface area contributed by atoms with Crippen molar-refractivity contribution < 1.29 is 9.21 Å². The molecule has 2 aromatic rings. The molecule has 2 aromatic heterocycles. The highest BCUT2D eigenvalue weighted by atomic mass is 32.2. The molecule has 0 bridgehead atoms. The number of amides is 1. The van der Waals surface area contributed by atoms with Gasteiger partial charge in [0.05, 0.1) is 16.5 Å². The smallest absolute Gasteiger partial charge is 0.277 e. The molecule has 0 saturated heterocycles. The molecule has 3 rings (SSSR count). The van der Waals surface area contributed by atoms with Crippen molar-refractivity contribution in [2.24, 2.45) is 5.92 Å². The molecule has 6 nitrogen and oxygen atoms in total. The SMILES string of the molecule is Cc1nc(C)c(-c2nnc(SCC(=O)N(C)C3CCC(C)CC3)o2)s1. The Hall–Kier alpha value is -1.41. The average Bonchev–Trinajstić information content (AvgIpc) is 3.18. The van der Waals surface area contributed by atoms with Crippen LogP contribution in [0.4, 0.5) is 0 Å². The van der Waals surface area contributed by atoms with Crippen molar-refractivity contribution in [3.63, 3.8) is 0 Å². The Balaban J connectivity index is 1.55. The Bertz CT molecular complexity index is 735. The molecule has 1 aliphatic carbocycles. The normalized spacial score (nSPS) is 20.6. The second-order valence-electron chi connectivity index (χ2n) is 6.73. The molecule has 1 aliphatic rings. The van der Waals surface area contributed by atoms with Crippen LogP contribution in [-0.2, 0) is 4.79 Å². The highest BCUT2D eigenvalue weighted by Crippen LogP contribution is 2.31. The Labute approximate surface area is 156 Å². The largest absolute Gasteiger partial charge is 0.410 e. The molecule has 0 atom stereocenters. The third kappa shape index (κ3) is 4.41. The summed E-state index contributed by atoms with van der Waals surface area (Å²) in [6.07, 6.45) is 4.61. The molecule has 136 valence electrons. The number of thioether (sulfide) groups is 1. The zero-order valence-corrected chi connectivity index (χ0v) is 16.7. The lowest BCUT2D eigenvalue weighted by atomic mass is 9.87. The van der Waals surface area contributed by atoms with E-state index in [0.29, 0.717) is 22.9 Å². The standard InChI is InChI=1S/C17H24N4O2S2/c1-10-5-7-13(8-6-10)21(4)14(22)9-24-17-20-19-16(23-17)15-11(2)18-12(3)25-15/h10,13H,5-9H2,1-4H3. The fourth-order valence-electron chi connectivity index (χ4n) is 3.15. The molecule has 0 aliphatic heterocycles. The van der Waals surface area contributed by atoms with Crippen LogP contribution in [-0.4, -0.2) is 44.8 Å². The van der Waals surface area contributed by atoms with Gasteiger partial charge in [0.25, 0.3) is 11.1 Å². The zero-order chi connectivity index (χ0) is 18.0. The van der Waals surface area contributed by atoms with Gasteiger partial charge in [-0.2, -0.15) is 0 Å². The maximum absolute atomic E-state index is 12.4. The van der Waals surface area contributed by atoms with Gasteiger partial charge in [-0.3, -0.25) is 4.79 Å². The summed E-state index contributed by atoms with van der Waals surface area (Å²) >= 11 is 2.84. The van der Waals surface area contributed by atoms with Gasteiger partial charge in [0, 0.05) is 13.1 Å². The molecule has 0 radical (unpaired) electrons. The van der Waals surface area contributed by atoms with Crippen LogP contribution in [0.25, 0.3) is 10.8 Å². The van der Waals surface area contributed by atoms with Crippen molar-refractivity contribution >= 4 is 29.0 Å². The van der Waals surface area contributed by atoms with Gasteiger partial charge >= 0.3 is 0 Å². The number of hydrogen-bond acceptors (Lipinski definition) is 7. The number of aromatic nitrogens is 3. The summed E-state index contributed by atoms with van der Waals surface area (Å²) in [5.74, 6) is 1.71. The predicted octanol–water partition coefficient (Wildman–Crippen LogP) is 3.94. The summed E-state index contributed by atoms with van der Waals surface area (Å²) in [6, 6.07) is 0.366. The van der Waals surface area contributed by atoms with E-state index in [9.17, 15) is 4.79 Å². The van der Waals surface area contributed by atoms with E-state index >= 15 is 0 Å². The van der Waals surface area contributed by atoms with Crippen molar-refractivity contribution in [3.8, 4) is 10.8 Å². The number of carbonyl (C=O) groups excluding carboxylic acids is 1. The highest BCUT2D eigenvalue weighted by Gasteiger charge is 2.25. The van der Waals surface area contributed by atoms with Crippen molar-refractivity contribution in [1.29, 1.82) is 0 Å². The first-order valence-corrected chi connectivity index (χ1v) is 10.4. The summed E-state index contributed by atoms with van der Waals surface area (Å²) < 4.78 is 5.69. The molecule has 0 aromatic carbocycles. The van der Waals surface area contributed by atoms with Gasteiger partial charge in [-0.1, -0.05) is 18.7 Å². The Morgan fingerprint density at radius 2 is 2.00 bits per heavy atom. The third-order valence-electron chi connectivity index (χ3n) is 4.75. The van der Waals surface area contributed by atoms with Crippen LogP contribution >= 0.6 is 23.1 Å². The van der Waals surface area contributed by atoms with Crippen LogP contribution in [0.2, 0.25) is 0 Å². The molecule has 1 fully saturated rings. The van der Waals surface area contributed by atoms with Gasteiger partial charge in [-0.25, -0.2) is 4.98 Å². The van der Waals surface area contributed by atoms with Crippen molar-refractivity contribution in [1.82, 2.24) is 20.1 Å². The second kappa shape index (κ2) is 7.86. The van der Waals surface area contributed by atoms with E-state index in [0.717, 1.165) is 34.3 Å². The monoisotopic (exact) mass is 380 g/mol. The van der Waals surface area contributed by atoms with E-state index < -0.39 is 0 Å². The molecule has 8 heteroatoms. The molecule has 0 unspecified atom stereocenters. The first kappa shape index (κ1) is 18.4. The van der Waals surface area contributed by atoms with E-state index in [1.54, 1.807) is 0 Å². The van der Waals surface area contributed by atoms with Crippen molar-refractivity contribution in [2.45, 2.75) is 57.7 Å². The van der Waals surface area contributed by atoms with Gasteiger partial charge in [-0.05, 0) is 45.4 Å². The summed E-state index contributed by atoms with van der Waals surface area (Å²) in [5, 5.41) is 9.54. The quantitative estimate of drug-likeness (QED) is 0.732. The van der Waals surface area contributed by atoms with E-state index in [-0.39, 0.29) is 5.91 Å². The van der Waals surface area contributed by atoms with E-state index in [1.165, 1.54) is 35.9 Å². The Morgan fingerprint density at radius 1 is 1.28 bits per heavy atom. The Morgan fingerprint density at radius 3 is 2.64 bits per heavy atom. The van der Waals surface area contributed by atoms with E-state index in [4.69, 9.17) is 4.42 Å². The third-order valence-corrected chi connectivity index (χ3v) is 6.61. The minimum atomic E-state index is 0.120. The summed E-state index contributed by atoms with van der Waals surface area (Å²) in [6.45, 7) is 6.17. The van der Waals surface area contributed by atoms with Crippen LogP contribution in [0.3, 0.4) is 0 Å². The lowest BCUT2D eigenvalue weighted by Gasteiger charge is -2.33. The average molecular weight is 381 g/mol. The number of rotatable bonds is 5. The maximum atomic E-state index is 12.4. The Kier molecular flexibility index (Phi) is 5.78. The number of thiazole rings is 1. The summed E-state index contributed by atoms with van der Waals surface area (Å²) in [5.41, 5.74) is 0.894. The molecule has 1 saturated carbocycles. The van der Waals surface area contributed by atoms with Gasteiger partial charge in [0.1, 0.15) is 4.88 Å². The molecule has 0 N–H and O–H groups in total. The van der Waals surface area contributed by atoms with Gasteiger partial charge in [0.2, 0.25) is 5.91 Å². The van der Waals surface area contributed by atoms with Crippen LogP contribution in [0.15, 0.2) is 9.64 Å². The minimum absolute atomic E-state index is 0.120.